The Hall–Kier alpha value is -2.35. The minimum absolute atomic E-state index is 0.131. The first-order chi connectivity index (χ1) is 15.6. The number of carbonyl (C=O) groups excluding carboxylic acids is 2. The maximum absolute atomic E-state index is 13.1. The molecular formula is C25H36N4O4. The predicted octanol–water partition coefficient (Wildman–Crippen LogP) is 2.81. The molecule has 5 aliphatic rings. The van der Waals surface area contributed by atoms with E-state index >= 15 is 0 Å². The van der Waals surface area contributed by atoms with Gasteiger partial charge in [-0.05, 0) is 82.8 Å². The van der Waals surface area contributed by atoms with Crippen LogP contribution in [0.5, 0.6) is 0 Å². The number of amides is 2. The van der Waals surface area contributed by atoms with E-state index in [1.807, 2.05) is 32.9 Å². The Balaban J connectivity index is 1.20. The van der Waals surface area contributed by atoms with Crippen LogP contribution in [0, 0.1) is 17.8 Å². The first kappa shape index (κ1) is 22.4. The second-order valence-electron chi connectivity index (χ2n) is 11.5. The first-order valence-corrected chi connectivity index (χ1v) is 12.3. The van der Waals surface area contributed by atoms with E-state index in [0.717, 1.165) is 37.9 Å². The summed E-state index contributed by atoms with van der Waals surface area (Å²) in [5.41, 5.74) is -0.585. The number of anilines is 1. The summed E-state index contributed by atoms with van der Waals surface area (Å²) in [5, 5.41) is 14.1. The highest BCUT2D eigenvalue weighted by atomic mass is 16.6. The molecule has 0 radical (unpaired) electrons. The second-order valence-corrected chi connectivity index (χ2v) is 11.5. The normalized spacial score (nSPS) is 33.2. The van der Waals surface area contributed by atoms with Crippen LogP contribution in [-0.2, 0) is 4.74 Å². The molecule has 6 rings (SSSR count). The third kappa shape index (κ3) is 4.67. The van der Waals surface area contributed by atoms with Crippen LogP contribution in [0.4, 0.5) is 10.6 Å². The van der Waals surface area contributed by atoms with E-state index in [4.69, 9.17) is 4.74 Å². The Morgan fingerprint density at radius 3 is 2.36 bits per heavy atom. The Bertz CT molecular complexity index is 905. The molecule has 1 aliphatic heterocycles. The Morgan fingerprint density at radius 2 is 1.76 bits per heavy atom. The lowest BCUT2D eigenvalue weighted by Crippen LogP contribution is -2.61. The molecule has 8 nitrogen and oxygen atoms in total. The summed E-state index contributed by atoms with van der Waals surface area (Å²) in [4.78, 5) is 33.9. The van der Waals surface area contributed by atoms with Crippen LogP contribution in [0.2, 0.25) is 0 Å². The quantitative estimate of drug-likeness (QED) is 0.726. The highest BCUT2D eigenvalue weighted by molar-refractivity contribution is 5.93. The summed E-state index contributed by atoms with van der Waals surface area (Å²) in [5.74, 6) is 1.98. The molecule has 0 aromatic carbocycles. The van der Waals surface area contributed by atoms with Crippen molar-refractivity contribution in [2.75, 3.05) is 31.1 Å². The van der Waals surface area contributed by atoms with Crippen molar-refractivity contribution < 1.29 is 19.4 Å². The van der Waals surface area contributed by atoms with Crippen LogP contribution in [-0.4, -0.2) is 70.4 Å². The average Bonchev–Trinajstić information content (AvgIpc) is 2.74. The van der Waals surface area contributed by atoms with Gasteiger partial charge in [0.25, 0.3) is 5.91 Å². The monoisotopic (exact) mass is 456 g/mol. The summed E-state index contributed by atoms with van der Waals surface area (Å²) in [6.07, 6.45) is 4.48. The Labute approximate surface area is 195 Å². The maximum atomic E-state index is 13.1. The van der Waals surface area contributed by atoms with Gasteiger partial charge in [-0.15, -0.1) is 0 Å². The van der Waals surface area contributed by atoms with E-state index in [1.54, 1.807) is 11.0 Å². The number of rotatable bonds is 3. The molecule has 4 bridgehead atoms. The molecule has 1 saturated heterocycles. The van der Waals surface area contributed by atoms with Gasteiger partial charge in [-0.25, -0.2) is 9.78 Å². The van der Waals surface area contributed by atoms with Gasteiger partial charge >= 0.3 is 6.09 Å². The van der Waals surface area contributed by atoms with Crippen molar-refractivity contribution >= 4 is 17.8 Å². The van der Waals surface area contributed by atoms with E-state index in [0.29, 0.717) is 49.6 Å². The smallest absolute Gasteiger partial charge is 0.410 e. The molecule has 2 atom stereocenters. The minimum atomic E-state index is -0.507. The second kappa shape index (κ2) is 8.15. The van der Waals surface area contributed by atoms with Crippen LogP contribution in [0.25, 0.3) is 0 Å². The van der Waals surface area contributed by atoms with Crippen LogP contribution in [0.15, 0.2) is 18.2 Å². The Kier molecular flexibility index (Phi) is 5.54. The van der Waals surface area contributed by atoms with Gasteiger partial charge < -0.3 is 25.0 Å². The molecule has 4 aliphatic carbocycles. The van der Waals surface area contributed by atoms with Gasteiger partial charge in [0.15, 0.2) is 0 Å². The third-order valence-corrected chi connectivity index (χ3v) is 7.76. The van der Waals surface area contributed by atoms with Gasteiger partial charge in [0.1, 0.15) is 17.1 Å². The molecule has 2 unspecified atom stereocenters. The topological polar surface area (TPSA) is 95.0 Å². The van der Waals surface area contributed by atoms with E-state index in [1.165, 1.54) is 0 Å². The zero-order valence-electron chi connectivity index (χ0n) is 19.9. The highest BCUT2D eigenvalue weighted by Gasteiger charge is 2.55. The zero-order valence-corrected chi connectivity index (χ0v) is 19.9. The average molecular weight is 457 g/mol. The van der Waals surface area contributed by atoms with Crippen LogP contribution in [0.1, 0.15) is 63.4 Å². The molecule has 2 N–H and O–H groups in total. The van der Waals surface area contributed by atoms with Crippen LogP contribution >= 0.6 is 0 Å². The molecule has 0 spiro atoms. The fourth-order valence-electron chi connectivity index (χ4n) is 6.61. The molecule has 5 fully saturated rings. The van der Waals surface area contributed by atoms with Gasteiger partial charge in [-0.1, -0.05) is 6.07 Å². The molecule has 2 heterocycles. The molecular weight excluding hydrogens is 420 g/mol. The molecule has 33 heavy (non-hydrogen) atoms. The third-order valence-electron chi connectivity index (χ3n) is 7.76. The maximum Gasteiger partial charge on any atom is 0.410 e. The van der Waals surface area contributed by atoms with Crippen molar-refractivity contribution in [2.24, 2.45) is 17.8 Å². The van der Waals surface area contributed by atoms with Crippen molar-refractivity contribution in [2.45, 2.75) is 70.1 Å². The lowest BCUT2D eigenvalue weighted by atomic mass is 9.52. The van der Waals surface area contributed by atoms with Crippen LogP contribution in [0.3, 0.4) is 0 Å². The molecule has 2 amide bonds. The number of nitrogens with zero attached hydrogens (tertiary/aromatic N) is 3. The summed E-state index contributed by atoms with van der Waals surface area (Å²) in [6, 6.07) is 5.69. The van der Waals surface area contributed by atoms with Crippen molar-refractivity contribution in [1.29, 1.82) is 0 Å². The summed E-state index contributed by atoms with van der Waals surface area (Å²) in [6.45, 7) is 8.01. The lowest BCUT2D eigenvalue weighted by molar-refractivity contribution is -0.136. The predicted molar refractivity (Wildman–Crippen MR) is 124 cm³/mol. The largest absolute Gasteiger partial charge is 0.444 e. The van der Waals surface area contributed by atoms with Crippen molar-refractivity contribution in [1.82, 2.24) is 15.2 Å². The molecule has 1 aromatic rings. The van der Waals surface area contributed by atoms with Crippen molar-refractivity contribution in [3.05, 3.63) is 23.9 Å². The van der Waals surface area contributed by atoms with Crippen LogP contribution < -0.4 is 10.2 Å². The van der Waals surface area contributed by atoms with E-state index in [-0.39, 0.29) is 18.0 Å². The number of carbonyl (C=O) groups is 2. The lowest BCUT2D eigenvalue weighted by Gasteiger charge is -2.58. The number of aliphatic hydroxyl groups is 1. The summed E-state index contributed by atoms with van der Waals surface area (Å²) < 4.78 is 5.47. The molecule has 1 aromatic heterocycles. The standard InChI is InChI=1S/C25H36N4O4/c1-24(2,3)33-23(31)29-9-7-28(8-10-29)20-6-4-5-19(26-20)22(30)27-21-17-11-16-12-18(21)15-25(32,13-16)14-17/h4-6,16-18,21,32H,7-15H2,1-3H3,(H,27,30). The Morgan fingerprint density at radius 1 is 1.09 bits per heavy atom. The number of piperazine rings is 1. The minimum Gasteiger partial charge on any atom is -0.444 e. The SMILES string of the molecule is CC(C)(C)OC(=O)N1CCN(c2cccc(C(=O)NC3C4CC5CC3CC(O)(C5)C4)n2)CC1. The fraction of sp³-hybridized carbons (Fsp3) is 0.720. The first-order valence-electron chi connectivity index (χ1n) is 12.3. The molecule has 180 valence electrons. The number of ether oxygens (including phenoxy) is 1. The van der Waals surface area contributed by atoms with E-state index in [9.17, 15) is 14.7 Å². The number of hydrogen-bond acceptors (Lipinski definition) is 6. The number of pyridine rings is 1. The van der Waals surface area contributed by atoms with Gasteiger partial charge in [-0.2, -0.15) is 0 Å². The number of hydrogen-bond donors (Lipinski definition) is 2. The number of nitrogens with one attached hydrogen (secondary N) is 1. The summed E-state index contributed by atoms with van der Waals surface area (Å²) >= 11 is 0. The van der Waals surface area contributed by atoms with Gasteiger partial charge in [0, 0.05) is 32.2 Å². The van der Waals surface area contributed by atoms with E-state index < -0.39 is 11.2 Å². The summed E-state index contributed by atoms with van der Waals surface area (Å²) in [7, 11) is 0. The molecule has 8 heteroatoms. The van der Waals surface area contributed by atoms with Gasteiger partial charge in [-0.3, -0.25) is 4.79 Å². The van der Waals surface area contributed by atoms with Crippen molar-refractivity contribution in [3.8, 4) is 0 Å². The van der Waals surface area contributed by atoms with Gasteiger partial charge in [0.05, 0.1) is 5.60 Å². The molecule has 4 saturated carbocycles. The number of aromatic nitrogens is 1. The van der Waals surface area contributed by atoms with Gasteiger partial charge in [0.2, 0.25) is 0 Å². The van der Waals surface area contributed by atoms with Crippen molar-refractivity contribution in [3.63, 3.8) is 0 Å². The fourth-order valence-corrected chi connectivity index (χ4v) is 6.61. The van der Waals surface area contributed by atoms with E-state index in [2.05, 4.69) is 15.2 Å². The highest BCUT2D eigenvalue weighted by Crippen LogP contribution is 2.55. The zero-order chi connectivity index (χ0) is 23.4.